The maximum atomic E-state index is 11.6. The molecule has 1 fully saturated rings. The Labute approximate surface area is 79.3 Å². The van der Waals surface area contributed by atoms with E-state index in [2.05, 4.69) is 6.07 Å². The molecule has 72 valence electrons. The van der Waals surface area contributed by atoms with Crippen LogP contribution in [0.25, 0.3) is 0 Å². The normalized spacial score (nSPS) is 15.5. The Morgan fingerprint density at radius 1 is 1.62 bits per heavy atom. The molecule has 0 atom stereocenters. The van der Waals surface area contributed by atoms with Crippen LogP contribution in [0.4, 0.5) is 0 Å². The molecule has 0 bridgehead atoms. The number of carbonyl (C=O) groups excluding carboxylic acids is 1. The minimum Gasteiger partial charge on any atom is -0.338 e. The number of carbonyl (C=O) groups is 1. The van der Waals surface area contributed by atoms with E-state index in [-0.39, 0.29) is 11.8 Å². The predicted molar refractivity (Wildman–Crippen MR) is 49.8 cm³/mol. The van der Waals surface area contributed by atoms with Crippen LogP contribution in [0.3, 0.4) is 0 Å². The molecule has 13 heavy (non-hydrogen) atoms. The van der Waals surface area contributed by atoms with Crippen LogP contribution in [0.15, 0.2) is 0 Å². The fraction of sp³-hybridized carbons (Fsp3) is 0.800. The Kier molecular flexibility index (Phi) is 3.30. The second kappa shape index (κ2) is 4.27. The first-order valence-corrected chi connectivity index (χ1v) is 4.84. The zero-order valence-corrected chi connectivity index (χ0v) is 8.29. The van der Waals surface area contributed by atoms with Gasteiger partial charge in [-0.25, -0.2) is 0 Å². The van der Waals surface area contributed by atoms with Crippen molar-refractivity contribution in [2.24, 2.45) is 5.92 Å². The average Bonchev–Trinajstić information content (AvgIpc) is 2.88. The molecule has 3 nitrogen and oxygen atoms in total. The summed E-state index contributed by atoms with van der Waals surface area (Å²) in [6, 6.07) is 2.51. The van der Waals surface area contributed by atoms with Crippen molar-refractivity contribution in [1.82, 2.24) is 4.90 Å². The van der Waals surface area contributed by atoms with E-state index in [1.807, 2.05) is 18.7 Å². The lowest BCUT2D eigenvalue weighted by Gasteiger charge is -2.23. The highest BCUT2D eigenvalue weighted by molar-refractivity contribution is 5.78. The van der Waals surface area contributed by atoms with E-state index in [4.69, 9.17) is 5.26 Å². The molecule has 0 heterocycles. The number of rotatable bonds is 4. The van der Waals surface area contributed by atoms with Crippen molar-refractivity contribution < 1.29 is 4.79 Å². The smallest absolute Gasteiger partial charge is 0.225 e. The van der Waals surface area contributed by atoms with Crippen LogP contribution in [0.1, 0.15) is 33.1 Å². The van der Waals surface area contributed by atoms with Crippen LogP contribution in [0.2, 0.25) is 0 Å². The van der Waals surface area contributed by atoms with Crippen LogP contribution in [0, 0.1) is 17.2 Å². The molecule has 1 aliphatic carbocycles. The summed E-state index contributed by atoms with van der Waals surface area (Å²) in [7, 11) is 0. The lowest BCUT2D eigenvalue weighted by atomic mass is 10.2. The van der Waals surface area contributed by atoms with Crippen LogP contribution in [-0.4, -0.2) is 23.4 Å². The lowest BCUT2D eigenvalue weighted by molar-refractivity contribution is -0.134. The van der Waals surface area contributed by atoms with Gasteiger partial charge in [-0.3, -0.25) is 4.79 Å². The van der Waals surface area contributed by atoms with Gasteiger partial charge in [-0.05, 0) is 12.8 Å². The highest BCUT2D eigenvalue weighted by atomic mass is 16.2. The van der Waals surface area contributed by atoms with Gasteiger partial charge in [-0.2, -0.15) is 5.26 Å². The van der Waals surface area contributed by atoms with Crippen LogP contribution in [-0.2, 0) is 4.79 Å². The van der Waals surface area contributed by atoms with E-state index in [0.29, 0.717) is 19.0 Å². The summed E-state index contributed by atoms with van der Waals surface area (Å²) in [5.41, 5.74) is 0. The Balaban J connectivity index is 2.47. The molecular weight excluding hydrogens is 164 g/mol. The topological polar surface area (TPSA) is 44.1 Å². The predicted octanol–water partition coefficient (Wildman–Crippen LogP) is 1.55. The minimum atomic E-state index is 0.0549. The second-order valence-corrected chi connectivity index (χ2v) is 3.83. The number of nitriles is 1. The zero-order valence-electron chi connectivity index (χ0n) is 8.29. The van der Waals surface area contributed by atoms with E-state index in [1.54, 1.807) is 0 Å². The van der Waals surface area contributed by atoms with Gasteiger partial charge in [0.25, 0.3) is 0 Å². The summed E-state index contributed by atoms with van der Waals surface area (Å²) < 4.78 is 0. The molecule has 0 aromatic rings. The number of amides is 1. The van der Waals surface area contributed by atoms with Crippen molar-refractivity contribution in [2.75, 3.05) is 6.54 Å². The van der Waals surface area contributed by atoms with Crippen molar-refractivity contribution in [1.29, 1.82) is 5.26 Å². The molecule has 1 rings (SSSR count). The van der Waals surface area contributed by atoms with Gasteiger partial charge in [-0.15, -0.1) is 0 Å². The van der Waals surface area contributed by atoms with Gasteiger partial charge in [0, 0.05) is 18.5 Å². The molecule has 0 radical (unpaired) electrons. The number of nitrogens with zero attached hydrogens (tertiary/aromatic N) is 2. The minimum absolute atomic E-state index is 0.0549. The summed E-state index contributed by atoms with van der Waals surface area (Å²) in [5.74, 6) is 0.247. The van der Waals surface area contributed by atoms with Crippen molar-refractivity contribution >= 4 is 5.91 Å². The van der Waals surface area contributed by atoms with Gasteiger partial charge in [-0.1, -0.05) is 13.8 Å². The number of hydrogen-bond donors (Lipinski definition) is 0. The molecule has 1 aliphatic rings. The standard InChI is InChI=1S/C10H16N2O/c1-8(2)10(13)12(7-3-6-11)9-4-5-9/h8-9H,3-5,7H2,1-2H3. The van der Waals surface area contributed by atoms with Gasteiger partial charge in [0.15, 0.2) is 0 Å². The molecule has 0 N–H and O–H groups in total. The molecule has 3 heteroatoms. The summed E-state index contributed by atoms with van der Waals surface area (Å²) in [4.78, 5) is 13.5. The van der Waals surface area contributed by atoms with E-state index < -0.39 is 0 Å². The Hall–Kier alpha value is -1.04. The highest BCUT2D eigenvalue weighted by Crippen LogP contribution is 2.28. The summed E-state index contributed by atoms with van der Waals surface area (Å²) in [6.07, 6.45) is 2.68. The molecule has 0 aliphatic heterocycles. The second-order valence-electron chi connectivity index (χ2n) is 3.83. The van der Waals surface area contributed by atoms with Gasteiger partial charge in [0.2, 0.25) is 5.91 Å². The van der Waals surface area contributed by atoms with E-state index >= 15 is 0 Å². The van der Waals surface area contributed by atoms with Crippen LogP contribution in [0.5, 0.6) is 0 Å². The largest absolute Gasteiger partial charge is 0.338 e. The fourth-order valence-electron chi connectivity index (χ4n) is 1.36. The van der Waals surface area contributed by atoms with Gasteiger partial charge in [0.05, 0.1) is 12.5 Å². The van der Waals surface area contributed by atoms with Crippen molar-refractivity contribution in [3.63, 3.8) is 0 Å². The fourth-order valence-corrected chi connectivity index (χ4v) is 1.36. The Morgan fingerprint density at radius 3 is 2.62 bits per heavy atom. The lowest BCUT2D eigenvalue weighted by Crippen LogP contribution is -2.36. The van der Waals surface area contributed by atoms with Crippen molar-refractivity contribution in [3.8, 4) is 6.07 Å². The van der Waals surface area contributed by atoms with Crippen molar-refractivity contribution in [2.45, 2.75) is 39.2 Å². The number of hydrogen-bond acceptors (Lipinski definition) is 2. The monoisotopic (exact) mass is 180 g/mol. The third-order valence-corrected chi connectivity index (χ3v) is 2.23. The summed E-state index contributed by atoms with van der Waals surface area (Å²) in [6.45, 7) is 4.42. The molecule has 0 saturated heterocycles. The van der Waals surface area contributed by atoms with Gasteiger partial charge < -0.3 is 4.90 Å². The maximum Gasteiger partial charge on any atom is 0.225 e. The van der Waals surface area contributed by atoms with E-state index in [1.165, 1.54) is 0 Å². The third-order valence-electron chi connectivity index (χ3n) is 2.23. The molecule has 1 saturated carbocycles. The van der Waals surface area contributed by atoms with Crippen LogP contribution < -0.4 is 0 Å². The summed E-state index contributed by atoms with van der Waals surface area (Å²) in [5, 5.41) is 8.45. The molecule has 0 spiro atoms. The molecule has 1 amide bonds. The SMILES string of the molecule is CC(C)C(=O)N(CCC#N)C1CC1. The molecule has 0 aromatic heterocycles. The molecule has 0 unspecified atom stereocenters. The van der Waals surface area contributed by atoms with Crippen molar-refractivity contribution in [3.05, 3.63) is 0 Å². The van der Waals surface area contributed by atoms with E-state index in [0.717, 1.165) is 12.8 Å². The third kappa shape index (κ3) is 2.73. The van der Waals surface area contributed by atoms with E-state index in [9.17, 15) is 4.79 Å². The van der Waals surface area contributed by atoms with Gasteiger partial charge >= 0.3 is 0 Å². The first-order valence-electron chi connectivity index (χ1n) is 4.84. The first-order chi connectivity index (χ1) is 6.16. The zero-order chi connectivity index (χ0) is 9.84. The molecular formula is C10H16N2O. The maximum absolute atomic E-state index is 11.6. The van der Waals surface area contributed by atoms with Crippen LogP contribution >= 0.6 is 0 Å². The highest BCUT2D eigenvalue weighted by Gasteiger charge is 2.32. The average molecular weight is 180 g/mol. The quantitative estimate of drug-likeness (QED) is 0.658. The Bertz CT molecular complexity index is 226. The summed E-state index contributed by atoms with van der Waals surface area (Å²) >= 11 is 0. The first kappa shape index (κ1) is 10.0. The van der Waals surface area contributed by atoms with Gasteiger partial charge in [0.1, 0.15) is 0 Å². The molecule has 0 aromatic carbocycles. The Morgan fingerprint density at radius 2 is 2.23 bits per heavy atom.